The van der Waals surface area contributed by atoms with Gasteiger partial charge in [-0.1, -0.05) is 18.2 Å². The molecule has 0 aliphatic carbocycles. The molecule has 1 heterocycles. The van der Waals surface area contributed by atoms with Gasteiger partial charge in [0.15, 0.2) is 0 Å². The van der Waals surface area contributed by atoms with Crippen LogP contribution in [-0.2, 0) is 22.7 Å². The predicted octanol–water partition coefficient (Wildman–Crippen LogP) is 4.83. The molecule has 9 heteroatoms. The lowest BCUT2D eigenvalue weighted by atomic mass is 10.1. The number of halogens is 3. The van der Waals surface area contributed by atoms with E-state index in [1.165, 1.54) is 31.4 Å². The lowest BCUT2D eigenvalue weighted by molar-refractivity contribution is -0.138. The van der Waals surface area contributed by atoms with E-state index in [4.69, 9.17) is 4.74 Å². The third-order valence-corrected chi connectivity index (χ3v) is 5.73. The Morgan fingerprint density at radius 3 is 2.32 bits per heavy atom. The fourth-order valence-electron chi connectivity index (χ4n) is 2.89. The maximum atomic E-state index is 13.7. The third kappa shape index (κ3) is 4.73. The zero-order chi connectivity index (χ0) is 22.6. The van der Waals surface area contributed by atoms with Gasteiger partial charge in [0, 0.05) is 5.56 Å². The Labute approximate surface area is 178 Å². The number of nitrogens with zero attached hydrogens (tertiary/aromatic N) is 3. The Morgan fingerprint density at radius 2 is 1.74 bits per heavy atom. The lowest BCUT2D eigenvalue weighted by Crippen LogP contribution is -2.13. The molecule has 1 aromatic heterocycles. The molecule has 0 fully saturated rings. The first-order valence-corrected chi connectivity index (χ1v) is 10.1. The highest BCUT2D eigenvalue weighted by Gasteiger charge is 2.37. The highest BCUT2D eigenvalue weighted by atomic mass is 32.2. The number of aromatic nitrogens is 1. The molecule has 5 nitrogen and oxygen atoms in total. The average Bonchev–Trinajstić information content (AvgIpc) is 2.77. The van der Waals surface area contributed by atoms with Crippen LogP contribution in [0.25, 0.3) is 11.3 Å². The Kier molecular flexibility index (Phi) is 6.38. The first-order valence-electron chi connectivity index (χ1n) is 8.81. The van der Waals surface area contributed by atoms with Crippen molar-refractivity contribution in [3.05, 3.63) is 76.9 Å². The molecule has 0 N–H and O–H groups in total. The number of hydrogen-bond acceptors (Lipinski definition) is 5. The van der Waals surface area contributed by atoms with Crippen LogP contribution in [0, 0.1) is 22.7 Å². The van der Waals surface area contributed by atoms with Gasteiger partial charge < -0.3 is 4.74 Å². The van der Waals surface area contributed by atoms with Crippen LogP contribution < -0.4 is 4.74 Å². The standard InChI is InChI=1S/C22H14F3N3O2S/c1-30-17-8-6-14(7-9-17)20-10-19(22(23,24)25)18(12-27)21(28-20)31(29)13-16-5-3-2-4-15(16)11-26/h2-10H,13H2,1H3. The van der Waals surface area contributed by atoms with Gasteiger partial charge in [0.05, 0.1) is 52.1 Å². The number of rotatable bonds is 5. The fourth-order valence-corrected chi connectivity index (χ4v) is 4.15. The predicted molar refractivity (Wildman–Crippen MR) is 107 cm³/mol. The molecule has 31 heavy (non-hydrogen) atoms. The minimum atomic E-state index is -4.85. The minimum absolute atomic E-state index is 0.0779. The van der Waals surface area contributed by atoms with Crippen molar-refractivity contribution >= 4 is 10.8 Å². The molecule has 1 atom stereocenters. The number of benzene rings is 2. The van der Waals surface area contributed by atoms with Crippen LogP contribution in [-0.4, -0.2) is 16.3 Å². The van der Waals surface area contributed by atoms with Crippen molar-refractivity contribution in [3.8, 4) is 29.1 Å². The summed E-state index contributed by atoms with van der Waals surface area (Å²) in [5.74, 6) is 0.250. The van der Waals surface area contributed by atoms with Gasteiger partial charge in [-0.05, 0) is 42.0 Å². The molecule has 0 radical (unpaired) electrons. The molecule has 3 rings (SSSR count). The van der Waals surface area contributed by atoms with Crippen LogP contribution in [0.15, 0.2) is 59.6 Å². The zero-order valence-electron chi connectivity index (χ0n) is 16.1. The highest BCUT2D eigenvalue weighted by Crippen LogP contribution is 2.36. The van der Waals surface area contributed by atoms with E-state index in [2.05, 4.69) is 4.98 Å². The van der Waals surface area contributed by atoms with Crippen LogP contribution in [0.5, 0.6) is 5.75 Å². The summed E-state index contributed by atoms with van der Waals surface area (Å²) >= 11 is 0. The molecule has 0 saturated carbocycles. The summed E-state index contributed by atoms with van der Waals surface area (Å²) < 4.78 is 59.2. The van der Waals surface area contributed by atoms with Gasteiger partial charge >= 0.3 is 6.18 Å². The molecule has 0 aliphatic heterocycles. The van der Waals surface area contributed by atoms with E-state index in [9.17, 15) is 27.9 Å². The maximum Gasteiger partial charge on any atom is 0.417 e. The van der Waals surface area contributed by atoms with Gasteiger partial charge in [0.1, 0.15) is 16.8 Å². The summed E-state index contributed by atoms with van der Waals surface area (Å²) in [5, 5.41) is 18.2. The van der Waals surface area contributed by atoms with Crippen LogP contribution in [0.2, 0.25) is 0 Å². The van der Waals surface area contributed by atoms with Crippen LogP contribution in [0.3, 0.4) is 0 Å². The number of methoxy groups -OCH3 is 1. The van der Waals surface area contributed by atoms with Gasteiger partial charge in [-0.15, -0.1) is 0 Å². The number of hydrogen-bond donors (Lipinski definition) is 0. The van der Waals surface area contributed by atoms with Gasteiger partial charge in [-0.2, -0.15) is 23.7 Å². The zero-order valence-corrected chi connectivity index (χ0v) is 16.9. The summed E-state index contributed by atoms with van der Waals surface area (Å²) in [7, 11) is -0.647. The summed E-state index contributed by atoms with van der Waals surface area (Å²) in [4.78, 5) is 4.15. The second-order valence-corrected chi connectivity index (χ2v) is 7.70. The summed E-state index contributed by atoms with van der Waals surface area (Å²) in [6, 6.07) is 16.7. The Morgan fingerprint density at radius 1 is 1.06 bits per heavy atom. The first kappa shape index (κ1) is 22.0. The van der Waals surface area contributed by atoms with E-state index in [0.717, 1.165) is 6.07 Å². The second kappa shape index (κ2) is 8.99. The summed E-state index contributed by atoms with van der Waals surface area (Å²) in [6.07, 6.45) is -4.85. The van der Waals surface area contributed by atoms with Gasteiger partial charge in [-0.25, -0.2) is 4.98 Å². The first-order chi connectivity index (χ1) is 14.8. The van der Waals surface area contributed by atoms with E-state index < -0.39 is 33.1 Å². The van der Waals surface area contributed by atoms with E-state index in [1.54, 1.807) is 30.3 Å². The SMILES string of the molecule is COc1ccc(-c2cc(C(F)(F)F)c(C#N)c(S(=O)Cc3ccccc3C#N)n2)cc1. The normalized spacial score (nSPS) is 11.9. The second-order valence-electron chi connectivity index (χ2n) is 6.33. The van der Waals surface area contributed by atoms with Crippen LogP contribution in [0.1, 0.15) is 22.3 Å². The number of pyridine rings is 1. The average molecular weight is 441 g/mol. The molecule has 0 aliphatic rings. The van der Waals surface area contributed by atoms with Crippen molar-refractivity contribution in [2.45, 2.75) is 17.0 Å². The number of nitriles is 2. The molecule has 1 unspecified atom stereocenters. The van der Waals surface area contributed by atoms with E-state index in [0.29, 0.717) is 16.9 Å². The van der Waals surface area contributed by atoms with Crippen LogP contribution >= 0.6 is 0 Å². The topological polar surface area (TPSA) is 86.8 Å². The Bertz CT molecular complexity index is 1230. The molecule has 0 bridgehead atoms. The molecular weight excluding hydrogens is 427 g/mol. The molecule has 156 valence electrons. The molecule has 0 spiro atoms. The number of alkyl halides is 3. The van der Waals surface area contributed by atoms with Gasteiger partial charge in [0.2, 0.25) is 0 Å². The van der Waals surface area contributed by atoms with Gasteiger partial charge in [-0.3, -0.25) is 4.21 Å². The molecular formula is C22H14F3N3O2S. The minimum Gasteiger partial charge on any atom is -0.497 e. The van der Waals surface area contributed by atoms with E-state index in [-0.39, 0.29) is 17.0 Å². The van der Waals surface area contributed by atoms with Crippen molar-refractivity contribution in [2.24, 2.45) is 0 Å². The number of ether oxygens (including phenoxy) is 1. The smallest absolute Gasteiger partial charge is 0.417 e. The van der Waals surface area contributed by atoms with Crippen molar-refractivity contribution in [1.29, 1.82) is 10.5 Å². The highest BCUT2D eigenvalue weighted by molar-refractivity contribution is 7.84. The van der Waals surface area contributed by atoms with Crippen LogP contribution in [0.4, 0.5) is 13.2 Å². The maximum absolute atomic E-state index is 13.7. The van der Waals surface area contributed by atoms with Crippen molar-refractivity contribution in [3.63, 3.8) is 0 Å². The summed E-state index contributed by atoms with van der Waals surface area (Å²) in [6.45, 7) is 0. The monoisotopic (exact) mass is 441 g/mol. The van der Waals surface area contributed by atoms with Crippen molar-refractivity contribution in [2.75, 3.05) is 7.11 Å². The molecule has 2 aromatic carbocycles. The molecule has 3 aromatic rings. The largest absolute Gasteiger partial charge is 0.497 e. The summed E-state index contributed by atoms with van der Waals surface area (Å²) in [5.41, 5.74) is -1.11. The van der Waals surface area contributed by atoms with Crippen molar-refractivity contribution < 1.29 is 22.1 Å². The van der Waals surface area contributed by atoms with E-state index >= 15 is 0 Å². The fraction of sp³-hybridized carbons (Fsp3) is 0.136. The Hall–Kier alpha value is -3.69. The quantitative estimate of drug-likeness (QED) is 0.566. The van der Waals surface area contributed by atoms with Crippen molar-refractivity contribution in [1.82, 2.24) is 4.98 Å². The Balaban J connectivity index is 2.16. The third-order valence-electron chi connectivity index (χ3n) is 4.43. The lowest BCUT2D eigenvalue weighted by Gasteiger charge is -2.15. The van der Waals surface area contributed by atoms with E-state index in [1.807, 2.05) is 6.07 Å². The van der Waals surface area contributed by atoms with Gasteiger partial charge in [0.25, 0.3) is 0 Å². The molecule has 0 amide bonds. The molecule has 0 saturated heterocycles.